The van der Waals surface area contributed by atoms with E-state index in [4.69, 9.17) is 9.52 Å². The molecule has 1 aromatic carbocycles. The Morgan fingerprint density at radius 1 is 1.20 bits per heavy atom. The van der Waals surface area contributed by atoms with Crippen molar-refractivity contribution in [2.45, 2.75) is 6.18 Å². The second kappa shape index (κ2) is 5.24. The van der Waals surface area contributed by atoms with Crippen LogP contribution in [0.5, 0.6) is 0 Å². The third-order valence-electron chi connectivity index (χ3n) is 2.49. The number of hydrogen-bond donors (Lipinski definition) is 1. The number of halogens is 3. The Labute approximate surface area is 112 Å². The smallest absolute Gasteiger partial charge is 0.416 e. The number of benzene rings is 1. The van der Waals surface area contributed by atoms with Crippen molar-refractivity contribution in [3.63, 3.8) is 0 Å². The molecule has 2 rings (SSSR count). The third kappa shape index (κ3) is 3.28. The summed E-state index contributed by atoms with van der Waals surface area (Å²) in [5, 5.41) is 8.47. The van der Waals surface area contributed by atoms with Gasteiger partial charge in [0.25, 0.3) is 0 Å². The van der Waals surface area contributed by atoms with Gasteiger partial charge in [-0.15, -0.1) is 0 Å². The number of hydrogen-bond acceptors (Lipinski definition) is 2. The maximum atomic E-state index is 12.6. The van der Waals surface area contributed by atoms with E-state index in [1.165, 1.54) is 30.3 Å². The predicted molar refractivity (Wildman–Crippen MR) is 65.8 cm³/mol. The van der Waals surface area contributed by atoms with Crippen molar-refractivity contribution in [1.82, 2.24) is 0 Å². The van der Waals surface area contributed by atoms with Crippen LogP contribution in [0.3, 0.4) is 0 Å². The summed E-state index contributed by atoms with van der Waals surface area (Å²) in [7, 11) is 0. The average Bonchev–Trinajstić information content (AvgIpc) is 2.84. The van der Waals surface area contributed by atoms with Crippen molar-refractivity contribution in [3.8, 4) is 11.3 Å². The van der Waals surface area contributed by atoms with Crippen LogP contribution in [-0.4, -0.2) is 11.1 Å². The van der Waals surface area contributed by atoms with Crippen molar-refractivity contribution >= 4 is 12.0 Å². The lowest BCUT2D eigenvalue weighted by molar-refractivity contribution is -0.137. The zero-order valence-electron chi connectivity index (χ0n) is 10.0. The van der Waals surface area contributed by atoms with E-state index >= 15 is 0 Å². The summed E-state index contributed by atoms with van der Waals surface area (Å²) in [4.78, 5) is 10.4. The fourth-order valence-corrected chi connectivity index (χ4v) is 1.60. The molecule has 1 N–H and O–H groups in total. The molecule has 2 aromatic rings. The molecule has 0 aliphatic carbocycles. The van der Waals surface area contributed by atoms with Gasteiger partial charge in [0.2, 0.25) is 0 Å². The van der Waals surface area contributed by atoms with Crippen LogP contribution in [0, 0.1) is 0 Å². The number of aliphatic carboxylic acids is 1. The molecule has 0 spiro atoms. The van der Waals surface area contributed by atoms with Gasteiger partial charge in [0.15, 0.2) is 0 Å². The highest BCUT2D eigenvalue weighted by atomic mass is 19.4. The second-order valence-electron chi connectivity index (χ2n) is 3.95. The molecule has 0 saturated carbocycles. The molecule has 104 valence electrons. The van der Waals surface area contributed by atoms with E-state index in [2.05, 4.69) is 0 Å². The molecule has 0 fully saturated rings. The largest absolute Gasteiger partial charge is 0.478 e. The van der Waals surface area contributed by atoms with Gasteiger partial charge in [-0.2, -0.15) is 13.2 Å². The molecule has 1 aromatic heterocycles. The molecule has 0 unspecified atom stereocenters. The van der Waals surface area contributed by atoms with Gasteiger partial charge in [-0.1, -0.05) is 12.1 Å². The first-order valence-corrected chi connectivity index (χ1v) is 5.55. The molecule has 0 atom stereocenters. The van der Waals surface area contributed by atoms with E-state index < -0.39 is 17.7 Å². The number of alkyl halides is 3. The van der Waals surface area contributed by atoms with Crippen molar-refractivity contribution in [1.29, 1.82) is 0 Å². The summed E-state index contributed by atoms with van der Waals surface area (Å²) in [6, 6.07) is 7.68. The van der Waals surface area contributed by atoms with Gasteiger partial charge in [-0.05, 0) is 30.3 Å². The van der Waals surface area contributed by atoms with Gasteiger partial charge in [0.1, 0.15) is 11.5 Å². The Morgan fingerprint density at radius 3 is 2.60 bits per heavy atom. The van der Waals surface area contributed by atoms with Crippen LogP contribution in [0.15, 0.2) is 46.9 Å². The SMILES string of the molecule is O=C(O)C=Cc1ccc(-c2cccc(C(F)(F)F)c2)o1. The highest BCUT2D eigenvalue weighted by Gasteiger charge is 2.30. The van der Waals surface area contributed by atoms with E-state index in [0.29, 0.717) is 0 Å². The normalized spacial score (nSPS) is 11.9. The minimum absolute atomic E-state index is 0.237. The number of carboxylic acids is 1. The lowest BCUT2D eigenvalue weighted by Gasteiger charge is -2.07. The Morgan fingerprint density at radius 2 is 1.95 bits per heavy atom. The van der Waals surface area contributed by atoms with Gasteiger partial charge in [-0.25, -0.2) is 4.79 Å². The maximum absolute atomic E-state index is 12.6. The number of carboxylic acid groups (broad SMARTS) is 1. The molecule has 3 nitrogen and oxygen atoms in total. The van der Waals surface area contributed by atoms with Crippen LogP contribution in [-0.2, 0) is 11.0 Å². The monoisotopic (exact) mass is 282 g/mol. The Kier molecular flexibility index (Phi) is 3.65. The molecule has 0 bridgehead atoms. The number of furan rings is 1. The maximum Gasteiger partial charge on any atom is 0.416 e. The van der Waals surface area contributed by atoms with Crippen LogP contribution in [0.25, 0.3) is 17.4 Å². The highest BCUT2D eigenvalue weighted by molar-refractivity contribution is 5.84. The first-order chi connectivity index (χ1) is 9.36. The van der Waals surface area contributed by atoms with Crippen LogP contribution in [0.2, 0.25) is 0 Å². The van der Waals surface area contributed by atoms with Crippen LogP contribution < -0.4 is 0 Å². The number of rotatable bonds is 3. The molecule has 0 amide bonds. The zero-order chi connectivity index (χ0) is 14.8. The van der Waals surface area contributed by atoms with Gasteiger partial charge < -0.3 is 9.52 Å². The van der Waals surface area contributed by atoms with E-state index in [1.807, 2.05) is 0 Å². The lowest BCUT2D eigenvalue weighted by Crippen LogP contribution is -2.04. The Bertz CT molecular complexity index is 654. The van der Waals surface area contributed by atoms with Crippen molar-refractivity contribution in [2.75, 3.05) is 0 Å². The van der Waals surface area contributed by atoms with Gasteiger partial charge >= 0.3 is 12.1 Å². The van der Waals surface area contributed by atoms with Crippen molar-refractivity contribution < 1.29 is 27.5 Å². The molecule has 20 heavy (non-hydrogen) atoms. The standard InChI is InChI=1S/C14H9F3O3/c15-14(16,17)10-3-1-2-9(8-10)12-6-4-11(20-12)5-7-13(18)19/h1-8H,(H,18,19). The molecule has 0 aliphatic heterocycles. The molecular formula is C14H9F3O3. The summed E-state index contributed by atoms with van der Waals surface area (Å²) >= 11 is 0. The molecule has 0 aliphatic rings. The molecule has 1 heterocycles. The second-order valence-corrected chi connectivity index (χ2v) is 3.95. The van der Waals surface area contributed by atoms with E-state index in [1.54, 1.807) is 0 Å². The summed E-state index contributed by atoms with van der Waals surface area (Å²) < 4.78 is 43.0. The summed E-state index contributed by atoms with van der Waals surface area (Å²) in [6.07, 6.45) is -2.32. The van der Waals surface area contributed by atoms with Crippen LogP contribution in [0.1, 0.15) is 11.3 Å². The lowest BCUT2D eigenvalue weighted by atomic mass is 10.1. The van der Waals surface area contributed by atoms with Gasteiger partial charge in [-0.3, -0.25) is 0 Å². The Balaban J connectivity index is 2.31. The zero-order valence-corrected chi connectivity index (χ0v) is 10.0. The van der Waals surface area contributed by atoms with E-state index in [9.17, 15) is 18.0 Å². The first kappa shape index (κ1) is 13.9. The molecular weight excluding hydrogens is 273 g/mol. The summed E-state index contributed by atoms with van der Waals surface area (Å²) in [6.45, 7) is 0. The highest BCUT2D eigenvalue weighted by Crippen LogP contribution is 2.32. The van der Waals surface area contributed by atoms with Crippen LogP contribution >= 0.6 is 0 Å². The van der Waals surface area contributed by atoms with E-state index in [-0.39, 0.29) is 17.1 Å². The third-order valence-corrected chi connectivity index (χ3v) is 2.49. The van der Waals surface area contributed by atoms with Crippen LogP contribution in [0.4, 0.5) is 13.2 Å². The minimum atomic E-state index is -4.42. The fourth-order valence-electron chi connectivity index (χ4n) is 1.60. The minimum Gasteiger partial charge on any atom is -0.478 e. The van der Waals surface area contributed by atoms with E-state index in [0.717, 1.165) is 18.2 Å². The topological polar surface area (TPSA) is 50.4 Å². The molecule has 6 heteroatoms. The quantitative estimate of drug-likeness (QED) is 0.863. The van der Waals surface area contributed by atoms with Crippen molar-refractivity contribution in [2.24, 2.45) is 0 Å². The van der Waals surface area contributed by atoms with Gasteiger partial charge in [0.05, 0.1) is 5.56 Å². The molecule has 0 radical (unpaired) electrons. The fraction of sp³-hybridized carbons (Fsp3) is 0.0714. The Hall–Kier alpha value is -2.50. The van der Waals surface area contributed by atoms with Gasteiger partial charge in [0, 0.05) is 11.6 Å². The number of carbonyl (C=O) groups is 1. The average molecular weight is 282 g/mol. The van der Waals surface area contributed by atoms with Crippen molar-refractivity contribution in [3.05, 3.63) is 53.8 Å². The predicted octanol–water partition coefficient (Wildman–Crippen LogP) is 4.06. The molecule has 0 saturated heterocycles. The summed E-state index contributed by atoms with van der Waals surface area (Å²) in [5.41, 5.74) is -0.496. The summed E-state index contributed by atoms with van der Waals surface area (Å²) in [5.74, 6) is -0.650. The first-order valence-electron chi connectivity index (χ1n) is 5.55.